The fourth-order valence-electron chi connectivity index (χ4n) is 2.49. The van der Waals surface area contributed by atoms with E-state index in [2.05, 4.69) is 10.5 Å². The Morgan fingerprint density at radius 1 is 1.48 bits per heavy atom. The lowest BCUT2D eigenvalue weighted by Crippen LogP contribution is -2.39. The molecule has 0 saturated carbocycles. The molecule has 2 aliphatic rings. The summed E-state index contributed by atoms with van der Waals surface area (Å²) < 4.78 is 18.6. The van der Waals surface area contributed by atoms with Crippen LogP contribution in [0.3, 0.4) is 0 Å². The minimum atomic E-state index is -0.648. The minimum Gasteiger partial charge on any atom is -0.382 e. The summed E-state index contributed by atoms with van der Waals surface area (Å²) in [5.41, 5.74) is 1.23. The highest BCUT2D eigenvalue weighted by Crippen LogP contribution is 2.18. The van der Waals surface area contributed by atoms with E-state index in [1.54, 1.807) is 12.1 Å². The molecular formula is C15H17FN2O3. The molecule has 0 aromatic heterocycles. The maximum absolute atomic E-state index is 13.2. The van der Waals surface area contributed by atoms with Crippen LogP contribution in [-0.2, 0) is 14.4 Å². The van der Waals surface area contributed by atoms with Crippen molar-refractivity contribution < 1.29 is 18.8 Å². The number of nitrogens with zero attached hydrogens (tertiary/aromatic N) is 1. The van der Waals surface area contributed by atoms with Crippen LogP contribution >= 0.6 is 0 Å². The van der Waals surface area contributed by atoms with Crippen molar-refractivity contribution in [1.29, 1.82) is 0 Å². The van der Waals surface area contributed by atoms with Crippen LogP contribution < -0.4 is 5.32 Å². The van der Waals surface area contributed by atoms with Crippen molar-refractivity contribution in [3.63, 3.8) is 0 Å². The molecule has 21 heavy (non-hydrogen) atoms. The summed E-state index contributed by atoms with van der Waals surface area (Å²) in [6.45, 7) is 1.25. The van der Waals surface area contributed by atoms with E-state index < -0.39 is 6.10 Å². The molecule has 1 fully saturated rings. The monoisotopic (exact) mass is 292 g/mol. The van der Waals surface area contributed by atoms with Gasteiger partial charge in [0.15, 0.2) is 0 Å². The van der Waals surface area contributed by atoms with Crippen molar-refractivity contribution in [1.82, 2.24) is 5.32 Å². The molecule has 2 heterocycles. The topological polar surface area (TPSA) is 59.9 Å². The summed E-state index contributed by atoms with van der Waals surface area (Å²) in [6.07, 6.45) is 1.80. The third-order valence-corrected chi connectivity index (χ3v) is 3.65. The van der Waals surface area contributed by atoms with Gasteiger partial charge >= 0.3 is 0 Å². The lowest BCUT2D eigenvalue weighted by atomic mass is 10.0. The normalized spacial score (nSPS) is 24.5. The van der Waals surface area contributed by atoms with Crippen molar-refractivity contribution in [3.8, 4) is 0 Å². The number of carbonyl (C=O) groups excluding carboxylic acids is 1. The first-order chi connectivity index (χ1) is 10.2. The predicted molar refractivity (Wildman–Crippen MR) is 74.4 cm³/mol. The van der Waals surface area contributed by atoms with Crippen LogP contribution in [0.4, 0.5) is 4.39 Å². The number of benzene rings is 1. The molecule has 1 aromatic rings. The van der Waals surface area contributed by atoms with Gasteiger partial charge in [-0.15, -0.1) is 0 Å². The van der Waals surface area contributed by atoms with E-state index in [-0.39, 0.29) is 17.8 Å². The molecule has 0 bridgehead atoms. The Morgan fingerprint density at radius 2 is 2.38 bits per heavy atom. The Balaban J connectivity index is 1.52. The Bertz CT molecular complexity index is 556. The van der Waals surface area contributed by atoms with Crippen LogP contribution in [0.2, 0.25) is 0 Å². The number of hydrogen-bond donors (Lipinski definition) is 1. The van der Waals surface area contributed by atoms with Gasteiger partial charge in [0, 0.05) is 25.1 Å². The van der Waals surface area contributed by atoms with Gasteiger partial charge < -0.3 is 14.9 Å². The van der Waals surface area contributed by atoms with Gasteiger partial charge in [0.25, 0.3) is 5.91 Å². The van der Waals surface area contributed by atoms with Gasteiger partial charge in [0.1, 0.15) is 5.82 Å². The van der Waals surface area contributed by atoms with Crippen LogP contribution in [0.15, 0.2) is 29.4 Å². The van der Waals surface area contributed by atoms with E-state index in [9.17, 15) is 9.18 Å². The lowest BCUT2D eigenvalue weighted by molar-refractivity contribution is -0.131. The third kappa shape index (κ3) is 3.39. The van der Waals surface area contributed by atoms with E-state index in [1.165, 1.54) is 12.1 Å². The molecule has 6 heteroatoms. The second-order valence-electron chi connectivity index (χ2n) is 5.23. The first-order valence-electron chi connectivity index (χ1n) is 7.10. The summed E-state index contributed by atoms with van der Waals surface area (Å²) in [6, 6.07) is 6.11. The number of carbonyl (C=O) groups is 1. The van der Waals surface area contributed by atoms with Gasteiger partial charge in [-0.3, -0.25) is 4.79 Å². The van der Waals surface area contributed by atoms with Gasteiger partial charge in [0.05, 0.1) is 11.8 Å². The number of amides is 1. The van der Waals surface area contributed by atoms with Gasteiger partial charge in [0.2, 0.25) is 6.10 Å². The molecule has 1 aromatic carbocycles. The number of nitrogens with one attached hydrogen (secondary N) is 1. The highest BCUT2D eigenvalue weighted by atomic mass is 19.1. The van der Waals surface area contributed by atoms with Crippen molar-refractivity contribution in [2.75, 3.05) is 13.2 Å². The molecule has 2 aliphatic heterocycles. The molecule has 112 valence electrons. The molecule has 2 atom stereocenters. The van der Waals surface area contributed by atoms with Crippen LogP contribution in [0.25, 0.3) is 0 Å². The van der Waals surface area contributed by atoms with Crippen molar-refractivity contribution in [3.05, 3.63) is 35.6 Å². The number of ether oxygens (including phenoxy) is 1. The SMILES string of the molecule is O=C(NC[C@@H]1CCCO1)[C@@H]1CC(c2cccc(F)c2)=NO1. The van der Waals surface area contributed by atoms with E-state index in [0.29, 0.717) is 24.2 Å². The predicted octanol–water partition coefficient (Wildman–Crippen LogP) is 1.61. The molecule has 0 radical (unpaired) electrons. The zero-order valence-corrected chi connectivity index (χ0v) is 11.5. The Labute approximate surface area is 122 Å². The second-order valence-corrected chi connectivity index (χ2v) is 5.23. The summed E-state index contributed by atoms with van der Waals surface area (Å²) in [5.74, 6) is -0.540. The van der Waals surface area contributed by atoms with Gasteiger partial charge in [-0.2, -0.15) is 0 Å². The van der Waals surface area contributed by atoms with Gasteiger partial charge in [-0.1, -0.05) is 17.3 Å². The highest BCUT2D eigenvalue weighted by Gasteiger charge is 2.29. The Morgan fingerprint density at radius 3 is 3.14 bits per heavy atom. The van der Waals surface area contributed by atoms with Crippen molar-refractivity contribution in [2.24, 2.45) is 5.16 Å². The van der Waals surface area contributed by atoms with Crippen LogP contribution in [0, 0.1) is 5.82 Å². The molecule has 0 unspecified atom stereocenters. The van der Waals surface area contributed by atoms with E-state index in [0.717, 1.165) is 19.4 Å². The number of rotatable bonds is 4. The summed E-state index contributed by atoms with van der Waals surface area (Å²) in [5, 5.41) is 6.70. The van der Waals surface area contributed by atoms with Crippen molar-refractivity contribution in [2.45, 2.75) is 31.5 Å². The summed E-state index contributed by atoms with van der Waals surface area (Å²) in [4.78, 5) is 17.2. The Hall–Kier alpha value is -1.95. The fourth-order valence-corrected chi connectivity index (χ4v) is 2.49. The van der Waals surface area contributed by atoms with Gasteiger partial charge in [-0.25, -0.2) is 4.39 Å². The standard InChI is InChI=1S/C15H17FN2O3/c16-11-4-1-3-10(7-11)13-8-14(21-18-13)15(19)17-9-12-5-2-6-20-12/h1,3-4,7,12,14H,2,5-6,8-9H2,(H,17,19)/t12-,14-/m0/s1. The third-order valence-electron chi connectivity index (χ3n) is 3.65. The molecule has 1 saturated heterocycles. The number of oxime groups is 1. The molecular weight excluding hydrogens is 275 g/mol. The average molecular weight is 292 g/mol. The zero-order valence-electron chi connectivity index (χ0n) is 11.5. The quantitative estimate of drug-likeness (QED) is 0.917. The summed E-state index contributed by atoms with van der Waals surface area (Å²) in [7, 11) is 0. The lowest BCUT2D eigenvalue weighted by Gasteiger charge is -2.13. The zero-order chi connectivity index (χ0) is 14.7. The number of hydrogen-bond acceptors (Lipinski definition) is 4. The molecule has 1 amide bonds. The second kappa shape index (κ2) is 6.22. The van der Waals surface area contributed by atoms with Crippen LogP contribution in [0.5, 0.6) is 0 Å². The molecule has 0 aliphatic carbocycles. The summed E-state index contributed by atoms with van der Waals surface area (Å²) >= 11 is 0. The van der Waals surface area contributed by atoms with Gasteiger partial charge in [-0.05, 0) is 25.0 Å². The highest BCUT2D eigenvalue weighted by molar-refractivity contribution is 6.04. The molecule has 3 rings (SSSR count). The largest absolute Gasteiger partial charge is 0.382 e. The van der Waals surface area contributed by atoms with Crippen LogP contribution in [0.1, 0.15) is 24.8 Å². The fraction of sp³-hybridized carbons (Fsp3) is 0.467. The van der Waals surface area contributed by atoms with E-state index in [1.807, 2.05) is 0 Å². The molecule has 0 spiro atoms. The average Bonchev–Trinajstić information content (AvgIpc) is 3.16. The number of halogens is 1. The molecule has 5 nitrogen and oxygen atoms in total. The molecule has 1 N–H and O–H groups in total. The van der Waals surface area contributed by atoms with Crippen LogP contribution in [-0.4, -0.2) is 37.0 Å². The maximum atomic E-state index is 13.2. The minimum absolute atomic E-state index is 0.0963. The smallest absolute Gasteiger partial charge is 0.264 e. The Kier molecular flexibility index (Phi) is 4.15. The van der Waals surface area contributed by atoms with E-state index >= 15 is 0 Å². The first kappa shape index (κ1) is 14.0. The first-order valence-corrected chi connectivity index (χ1v) is 7.10. The van der Waals surface area contributed by atoms with Crippen molar-refractivity contribution >= 4 is 11.6 Å². The maximum Gasteiger partial charge on any atom is 0.264 e. The van der Waals surface area contributed by atoms with E-state index in [4.69, 9.17) is 9.57 Å².